The van der Waals surface area contributed by atoms with Gasteiger partial charge >= 0.3 is 0 Å². The van der Waals surface area contributed by atoms with Crippen molar-refractivity contribution in [1.29, 1.82) is 0 Å². The Balaban J connectivity index is 2.27. The Labute approximate surface area is 109 Å². The zero-order valence-electron chi connectivity index (χ0n) is 10.3. The molecule has 0 radical (unpaired) electrons. The first-order valence-electron chi connectivity index (χ1n) is 6.05. The lowest BCUT2D eigenvalue weighted by atomic mass is 10.1. The van der Waals surface area contributed by atoms with Crippen LogP contribution in [0.3, 0.4) is 0 Å². The SMILES string of the molecule is COc1ccc2[nH]c3ccc4cncnc4c3c2c1. The Hall–Kier alpha value is -2.62. The van der Waals surface area contributed by atoms with Crippen LogP contribution in [-0.4, -0.2) is 22.1 Å². The van der Waals surface area contributed by atoms with E-state index in [2.05, 4.69) is 21.0 Å². The standard InChI is InChI=1S/C15H11N3O/c1-19-10-3-5-12-11(6-10)14-13(18-12)4-2-9-7-16-8-17-15(9)14/h2-8,18H,1H3. The van der Waals surface area contributed by atoms with Crippen LogP contribution in [0.1, 0.15) is 0 Å². The molecular weight excluding hydrogens is 238 g/mol. The number of nitrogens with one attached hydrogen (secondary N) is 1. The van der Waals surface area contributed by atoms with Gasteiger partial charge in [-0.15, -0.1) is 0 Å². The third-order valence-corrected chi connectivity index (χ3v) is 3.44. The van der Waals surface area contributed by atoms with Gasteiger partial charge < -0.3 is 9.72 Å². The number of benzene rings is 2. The first-order valence-corrected chi connectivity index (χ1v) is 6.05. The summed E-state index contributed by atoms with van der Waals surface area (Å²) < 4.78 is 5.31. The second-order valence-electron chi connectivity index (χ2n) is 4.49. The van der Waals surface area contributed by atoms with Crippen LogP contribution in [-0.2, 0) is 0 Å². The minimum atomic E-state index is 0.847. The van der Waals surface area contributed by atoms with Gasteiger partial charge in [-0.25, -0.2) is 9.97 Å². The van der Waals surface area contributed by atoms with E-state index in [-0.39, 0.29) is 0 Å². The van der Waals surface area contributed by atoms with Crippen molar-refractivity contribution in [3.05, 3.63) is 42.9 Å². The van der Waals surface area contributed by atoms with Crippen LogP contribution in [0.4, 0.5) is 0 Å². The van der Waals surface area contributed by atoms with Gasteiger partial charge in [-0.3, -0.25) is 0 Å². The summed E-state index contributed by atoms with van der Waals surface area (Å²) in [6, 6.07) is 10.1. The Morgan fingerprint density at radius 3 is 2.89 bits per heavy atom. The van der Waals surface area contributed by atoms with E-state index in [9.17, 15) is 0 Å². The molecule has 2 heterocycles. The van der Waals surface area contributed by atoms with Gasteiger partial charge in [0.15, 0.2) is 0 Å². The van der Waals surface area contributed by atoms with E-state index in [4.69, 9.17) is 4.74 Å². The third kappa shape index (κ3) is 1.40. The zero-order chi connectivity index (χ0) is 12.8. The molecule has 92 valence electrons. The van der Waals surface area contributed by atoms with Gasteiger partial charge in [-0.1, -0.05) is 0 Å². The molecule has 0 fully saturated rings. The number of fused-ring (bicyclic) bond motifs is 5. The van der Waals surface area contributed by atoms with Crippen molar-refractivity contribution >= 4 is 32.7 Å². The number of aromatic amines is 1. The molecule has 1 N–H and O–H groups in total. The van der Waals surface area contributed by atoms with Crippen molar-refractivity contribution in [3.8, 4) is 5.75 Å². The van der Waals surface area contributed by atoms with Crippen molar-refractivity contribution in [3.63, 3.8) is 0 Å². The molecule has 0 amide bonds. The van der Waals surface area contributed by atoms with E-state index < -0.39 is 0 Å². The molecule has 0 aliphatic rings. The van der Waals surface area contributed by atoms with E-state index >= 15 is 0 Å². The molecule has 0 atom stereocenters. The van der Waals surface area contributed by atoms with E-state index in [1.165, 1.54) is 0 Å². The summed E-state index contributed by atoms with van der Waals surface area (Å²) in [6.07, 6.45) is 3.42. The molecule has 2 aromatic heterocycles. The highest BCUT2D eigenvalue weighted by atomic mass is 16.5. The van der Waals surface area contributed by atoms with Crippen molar-refractivity contribution in [2.24, 2.45) is 0 Å². The van der Waals surface area contributed by atoms with Crippen molar-refractivity contribution in [2.45, 2.75) is 0 Å². The number of aromatic nitrogens is 3. The molecule has 0 aliphatic carbocycles. The van der Waals surface area contributed by atoms with E-state index in [1.807, 2.05) is 30.5 Å². The predicted octanol–water partition coefficient (Wildman–Crippen LogP) is 3.27. The Morgan fingerprint density at radius 2 is 2.00 bits per heavy atom. The van der Waals surface area contributed by atoms with E-state index in [0.717, 1.165) is 38.5 Å². The average molecular weight is 249 g/mol. The Morgan fingerprint density at radius 1 is 1.11 bits per heavy atom. The monoisotopic (exact) mass is 249 g/mol. The highest BCUT2D eigenvalue weighted by Gasteiger charge is 2.09. The van der Waals surface area contributed by atoms with Crippen LogP contribution >= 0.6 is 0 Å². The van der Waals surface area contributed by atoms with Crippen molar-refractivity contribution in [1.82, 2.24) is 15.0 Å². The van der Waals surface area contributed by atoms with Crippen LogP contribution in [0.25, 0.3) is 32.7 Å². The second kappa shape index (κ2) is 3.68. The van der Waals surface area contributed by atoms with Gasteiger partial charge in [-0.2, -0.15) is 0 Å². The number of methoxy groups -OCH3 is 1. The lowest BCUT2D eigenvalue weighted by Gasteiger charge is -2.00. The number of rotatable bonds is 1. The second-order valence-corrected chi connectivity index (χ2v) is 4.49. The highest BCUT2D eigenvalue weighted by molar-refractivity contribution is 6.18. The van der Waals surface area contributed by atoms with Gasteiger partial charge in [0.1, 0.15) is 12.1 Å². The van der Waals surface area contributed by atoms with Crippen molar-refractivity contribution in [2.75, 3.05) is 7.11 Å². The van der Waals surface area contributed by atoms with Gasteiger partial charge in [0, 0.05) is 33.4 Å². The van der Waals surface area contributed by atoms with Gasteiger partial charge in [0.2, 0.25) is 0 Å². The normalized spacial score (nSPS) is 11.4. The Bertz CT molecular complexity index is 911. The number of hydrogen-bond acceptors (Lipinski definition) is 3. The molecule has 4 rings (SSSR count). The number of H-pyrrole nitrogens is 1. The largest absolute Gasteiger partial charge is 0.497 e. The maximum Gasteiger partial charge on any atom is 0.119 e. The van der Waals surface area contributed by atoms with Crippen LogP contribution in [0.5, 0.6) is 5.75 Å². The van der Waals surface area contributed by atoms with Crippen LogP contribution in [0, 0.1) is 0 Å². The average Bonchev–Trinajstić information content (AvgIpc) is 2.85. The summed E-state index contributed by atoms with van der Waals surface area (Å²) in [6.45, 7) is 0. The fraction of sp³-hybridized carbons (Fsp3) is 0.0667. The van der Waals surface area contributed by atoms with Crippen LogP contribution in [0.2, 0.25) is 0 Å². The number of hydrogen-bond donors (Lipinski definition) is 1. The summed E-state index contributed by atoms with van der Waals surface area (Å²) in [5.74, 6) is 0.847. The molecule has 0 unspecified atom stereocenters. The molecule has 4 aromatic rings. The molecule has 0 spiro atoms. The fourth-order valence-electron chi connectivity index (χ4n) is 2.54. The summed E-state index contributed by atoms with van der Waals surface area (Å²) in [5.41, 5.74) is 3.13. The lowest BCUT2D eigenvalue weighted by Crippen LogP contribution is -1.83. The third-order valence-electron chi connectivity index (χ3n) is 3.44. The first kappa shape index (κ1) is 10.3. The minimum Gasteiger partial charge on any atom is -0.497 e. The maximum absolute atomic E-state index is 5.31. The first-order chi connectivity index (χ1) is 9.36. The molecule has 19 heavy (non-hydrogen) atoms. The van der Waals surface area contributed by atoms with Gasteiger partial charge in [0.25, 0.3) is 0 Å². The Kier molecular flexibility index (Phi) is 2.00. The molecule has 2 aromatic carbocycles. The molecule has 0 saturated carbocycles. The lowest BCUT2D eigenvalue weighted by molar-refractivity contribution is 0.415. The molecule has 0 bridgehead atoms. The number of ether oxygens (including phenoxy) is 1. The van der Waals surface area contributed by atoms with Crippen LogP contribution < -0.4 is 4.74 Å². The molecule has 4 heteroatoms. The summed E-state index contributed by atoms with van der Waals surface area (Å²) in [7, 11) is 1.68. The van der Waals surface area contributed by atoms with Gasteiger partial charge in [0.05, 0.1) is 12.6 Å². The van der Waals surface area contributed by atoms with Crippen molar-refractivity contribution < 1.29 is 4.74 Å². The topological polar surface area (TPSA) is 50.8 Å². The predicted molar refractivity (Wildman–Crippen MR) is 75.5 cm³/mol. The summed E-state index contributed by atoms with van der Waals surface area (Å²) >= 11 is 0. The van der Waals surface area contributed by atoms with Gasteiger partial charge in [-0.05, 0) is 30.3 Å². The fourth-order valence-corrected chi connectivity index (χ4v) is 2.54. The minimum absolute atomic E-state index is 0.847. The number of nitrogens with zero attached hydrogens (tertiary/aromatic N) is 2. The van der Waals surface area contributed by atoms with E-state index in [1.54, 1.807) is 13.4 Å². The summed E-state index contributed by atoms with van der Waals surface area (Å²) in [4.78, 5) is 11.9. The molecule has 0 saturated heterocycles. The highest BCUT2D eigenvalue weighted by Crippen LogP contribution is 2.32. The maximum atomic E-state index is 5.31. The molecule has 0 aliphatic heterocycles. The van der Waals surface area contributed by atoms with Crippen LogP contribution in [0.15, 0.2) is 42.9 Å². The molecular formula is C15H11N3O. The quantitative estimate of drug-likeness (QED) is 0.563. The smallest absolute Gasteiger partial charge is 0.119 e. The molecule has 4 nitrogen and oxygen atoms in total. The zero-order valence-corrected chi connectivity index (χ0v) is 10.3. The van der Waals surface area contributed by atoms with E-state index in [0.29, 0.717) is 0 Å². The summed E-state index contributed by atoms with van der Waals surface area (Å²) in [5, 5.41) is 3.28.